The minimum Gasteiger partial charge on any atom is -0.285 e. The topological polar surface area (TPSA) is 60.7 Å². The summed E-state index contributed by atoms with van der Waals surface area (Å²) in [5.74, 6) is 0.760. The number of rotatable bonds is 5. The van der Waals surface area contributed by atoms with Crippen LogP contribution in [-0.2, 0) is 6.54 Å². The third-order valence-electron chi connectivity index (χ3n) is 8.04. The second kappa shape index (κ2) is 9.23. The molecule has 1 aromatic carbocycles. The Kier molecular flexibility index (Phi) is 5.90. The molecule has 0 aliphatic heterocycles. The van der Waals surface area contributed by atoms with Gasteiger partial charge in [-0.2, -0.15) is 0 Å². The summed E-state index contributed by atoms with van der Waals surface area (Å²) in [6.45, 7) is 4.29. The molecule has 2 fully saturated rings. The summed E-state index contributed by atoms with van der Waals surface area (Å²) in [5, 5.41) is 0. The first-order valence-corrected chi connectivity index (χ1v) is 13.1. The van der Waals surface area contributed by atoms with Crippen molar-refractivity contribution < 1.29 is 4.39 Å². The molecular formula is C30H31FN4O. The Morgan fingerprint density at radius 1 is 0.917 bits per heavy atom. The molecule has 36 heavy (non-hydrogen) atoms. The second-order valence-electron chi connectivity index (χ2n) is 10.5. The zero-order chi connectivity index (χ0) is 24.8. The average Bonchev–Trinajstić information content (AvgIpc) is 3.72. The Balaban J connectivity index is 1.36. The maximum absolute atomic E-state index is 14.6. The number of aryl methyl sites for hydroxylation is 2. The fraction of sp³-hybridized carbons (Fsp3) is 0.400. The maximum Gasteiger partial charge on any atom is 0.256 e. The lowest BCUT2D eigenvalue weighted by atomic mass is 9.75. The molecule has 6 rings (SSSR count). The van der Waals surface area contributed by atoms with E-state index in [1.165, 1.54) is 18.4 Å². The van der Waals surface area contributed by atoms with Crippen LogP contribution in [0.3, 0.4) is 0 Å². The largest absolute Gasteiger partial charge is 0.285 e. The van der Waals surface area contributed by atoms with Gasteiger partial charge in [0.05, 0.1) is 17.9 Å². The Bertz CT molecular complexity index is 1480. The van der Waals surface area contributed by atoms with Gasteiger partial charge in [-0.25, -0.2) is 9.37 Å². The quantitative estimate of drug-likeness (QED) is 0.334. The van der Waals surface area contributed by atoms with Crippen molar-refractivity contribution in [3.63, 3.8) is 0 Å². The molecule has 5 nitrogen and oxygen atoms in total. The standard InChI is InChI=1S/C30H31FN4O/c1-18-5-3-7-25(31)28(18)22-12-10-21(11-13-22)24-15-26-29(34-19(2)16-33-26)35(30(24)36)17-27-23(20-8-9-20)6-4-14-32-27/h3-7,14-16,20-22H,8-13,17H2,1-2H3/t21-,22-. The fourth-order valence-electron chi connectivity index (χ4n) is 6.03. The van der Waals surface area contributed by atoms with E-state index < -0.39 is 0 Å². The first-order valence-electron chi connectivity index (χ1n) is 13.1. The lowest BCUT2D eigenvalue weighted by Gasteiger charge is -2.30. The average molecular weight is 483 g/mol. The molecule has 4 aromatic rings. The maximum atomic E-state index is 14.6. The molecule has 2 saturated carbocycles. The van der Waals surface area contributed by atoms with E-state index >= 15 is 0 Å². The van der Waals surface area contributed by atoms with Crippen molar-refractivity contribution in [2.45, 2.75) is 76.7 Å². The lowest BCUT2D eigenvalue weighted by molar-refractivity contribution is 0.384. The van der Waals surface area contributed by atoms with Gasteiger partial charge in [0, 0.05) is 18.0 Å². The van der Waals surface area contributed by atoms with Gasteiger partial charge < -0.3 is 0 Å². The Hall–Kier alpha value is -3.41. The number of hydrogen-bond acceptors (Lipinski definition) is 4. The van der Waals surface area contributed by atoms with E-state index in [1.807, 2.05) is 32.0 Å². The number of hydrogen-bond donors (Lipinski definition) is 0. The Morgan fingerprint density at radius 3 is 2.39 bits per heavy atom. The number of pyridine rings is 2. The molecule has 0 spiro atoms. The summed E-state index contributed by atoms with van der Waals surface area (Å²) >= 11 is 0. The van der Waals surface area contributed by atoms with E-state index in [1.54, 1.807) is 29.1 Å². The minimum atomic E-state index is -0.112. The predicted molar refractivity (Wildman–Crippen MR) is 139 cm³/mol. The van der Waals surface area contributed by atoms with Gasteiger partial charge >= 0.3 is 0 Å². The highest BCUT2D eigenvalue weighted by Gasteiger charge is 2.30. The number of aromatic nitrogens is 4. The molecule has 0 atom stereocenters. The SMILES string of the molecule is Cc1cnc2cc([C@H]3CC[C@H](c4c(C)cccc4F)CC3)c(=O)n(Cc3ncccc3C3CC3)c2n1. The first kappa shape index (κ1) is 23.0. The summed E-state index contributed by atoms with van der Waals surface area (Å²) in [5.41, 5.74) is 6.99. The summed E-state index contributed by atoms with van der Waals surface area (Å²) in [6, 6.07) is 11.4. The molecule has 0 saturated heterocycles. The van der Waals surface area contributed by atoms with Gasteiger partial charge in [-0.05, 0) is 105 Å². The van der Waals surface area contributed by atoms with E-state index in [2.05, 4.69) is 16.0 Å². The van der Waals surface area contributed by atoms with E-state index in [9.17, 15) is 9.18 Å². The van der Waals surface area contributed by atoms with Gasteiger partial charge in [-0.15, -0.1) is 0 Å². The Labute approximate surface area is 210 Å². The second-order valence-corrected chi connectivity index (χ2v) is 10.5. The molecule has 2 aliphatic carbocycles. The van der Waals surface area contributed by atoms with Crippen LogP contribution in [0, 0.1) is 19.7 Å². The fourth-order valence-corrected chi connectivity index (χ4v) is 6.03. The van der Waals surface area contributed by atoms with Crippen LogP contribution in [0.15, 0.2) is 53.6 Å². The van der Waals surface area contributed by atoms with Crippen molar-refractivity contribution in [1.82, 2.24) is 19.5 Å². The van der Waals surface area contributed by atoms with Gasteiger partial charge in [0.2, 0.25) is 0 Å². The van der Waals surface area contributed by atoms with E-state index in [0.717, 1.165) is 59.3 Å². The van der Waals surface area contributed by atoms with Crippen molar-refractivity contribution in [2.24, 2.45) is 0 Å². The molecule has 0 bridgehead atoms. The van der Waals surface area contributed by atoms with Gasteiger partial charge in [-0.1, -0.05) is 18.2 Å². The summed E-state index contributed by atoms with van der Waals surface area (Å²) in [6.07, 6.45) is 9.38. The predicted octanol–water partition coefficient (Wildman–Crippen LogP) is 6.31. The lowest BCUT2D eigenvalue weighted by Crippen LogP contribution is -2.29. The van der Waals surface area contributed by atoms with Crippen molar-refractivity contribution in [3.8, 4) is 0 Å². The zero-order valence-electron chi connectivity index (χ0n) is 20.9. The van der Waals surface area contributed by atoms with Crippen molar-refractivity contribution in [2.75, 3.05) is 0 Å². The van der Waals surface area contributed by atoms with Crippen LogP contribution >= 0.6 is 0 Å². The molecule has 0 unspecified atom stereocenters. The minimum absolute atomic E-state index is 0.000298. The van der Waals surface area contributed by atoms with Crippen LogP contribution in [0.25, 0.3) is 11.2 Å². The zero-order valence-corrected chi connectivity index (χ0v) is 20.9. The van der Waals surface area contributed by atoms with Crippen molar-refractivity contribution in [3.05, 3.63) is 98.6 Å². The Morgan fingerprint density at radius 2 is 1.64 bits per heavy atom. The molecule has 3 heterocycles. The molecule has 6 heteroatoms. The van der Waals surface area contributed by atoms with Crippen molar-refractivity contribution in [1.29, 1.82) is 0 Å². The number of fused-ring (bicyclic) bond motifs is 1. The highest BCUT2D eigenvalue weighted by atomic mass is 19.1. The summed E-state index contributed by atoms with van der Waals surface area (Å²) < 4.78 is 16.4. The molecule has 2 aliphatic rings. The van der Waals surface area contributed by atoms with E-state index in [-0.39, 0.29) is 23.2 Å². The normalized spacial score (nSPS) is 20.1. The molecule has 3 aromatic heterocycles. The van der Waals surface area contributed by atoms with Crippen LogP contribution in [0.4, 0.5) is 4.39 Å². The smallest absolute Gasteiger partial charge is 0.256 e. The van der Waals surface area contributed by atoms with Gasteiger partial charge in [0.1, 0.15) is 11.3 Å². The number of benzene rings is 1. The molecule has 0 radical (unpaired) electrons. The monoisotopic (exact) mass is 482 g/mol. The van der Waals surface area contributed by atoms with Gasteiger partial charge in [-0.3, -0.25) is 19.3 Å². The van der Waals surface area contributed by atoms with Crippen LogP contribution in [-0.4, -0.2) is 19.5 Å². The number of nitrogens with zero attached hydrogens (tertiary/aromatic N) is 4. The molecule has 0 N–H and O–H groups in total. The van der Waals surface area contributed by atoms with Gasteiger partial charge in [0.15, 0.2) is 5.65 Å². The highest BCUT2D eigenvalue weighted by Crippen LogP contribution is 2.42. The highest BCUT2D eigenvalue weighted by molar-refractivity contribution is 5.71. The summed E-state index contributed by atoms with van der Waals surface area (Å²) in [7, 11) is 0. The molecule has 184 valence electrons. The van der Waals surface area contributed by atoms with Crippen LogP contribution in [0.1, 0.15) is 89.9 Å². The first-order chi connectivity index (χ1) is 17.5. The molecular weight excluding hydrogens is 451 g/mol. The third kappa shape index (κ3) is 4.23. The third-order valence-corrected chi connectivity index (χ3v) is 8.04. The summed E-state index contributed by atoms with van der Waals surface area (Å²) in [4.78, 5) is 28.0. The van der Waals surface area contributed by atoms with E-state index in [4.69, 9.17) is 4.98 Å². The number of halogens is 1. The van der Waals surface area contributed by atoms with Crippen molar-refractivity contribution >= 4 is 11.2 Å². The van der Waals surface area contributed by atoms with Crippen LogP contribution < -0.4 is 5.56 Å². The van der Waals surface area contributed by atoms with Gasteiger partial charge in [0.25, 0.3) is 5.56 Å². The van der Waals surface area contributed by atoms with E-state index in [0.29, 0.717) is 18.1 Å². The van der Waals surface area contributed by atoms with Crippen LogP contribution in [0.5, 0.6) is 0 Å². The molecule has 0 amide bonds. The van der Waals surface area contributed by atoms with Crippen LogP contribution in [0.2, 0.25) is 0 Å².